The molecule has 1 aliphatic rings. The molecule has 1 fully saturated rings. The maximum atomic E-state index is 6.07. The molecule has 0 radical (unpaired) electrons. The summed E-state index contributed by atoms with van der Waals surface area (Å²) in [6.45, 7) is 7.70. The highest BCUT2D eigenvalue weighted by molar-refractivity contribution is 6.66. The Hall–Kier alpha value is -1.34. The summed E-state index contributed by atoms with van der Waals surface area (Å²) in [4.78, 5) is 15.8. The first-order valence-electron chi connectivity index (χ1n) is 9.71. The largest absolute Gasteiger partial charge is 0.497 e. The average molecular weight is 459 g/mol. The van der Waals surface area contributed by atoms with Crippen molar-refractivity contribution in [2.45, 2.75) is 36.5 Å². The second kappa shape index (κ2) is 9.65. The molecule has 0 atom stereocenters. The number of alkyl halides is 3. The number of hydrogen-bond acceptors (Lipinski definition) is 6. The minimum absolute atomic E-state index is 0.100. The van der Waals surface area contributed by atoms with Gasteiger partial charge in [0.05, 0.1) is 7.11 Å². The molecule has 0 aliphatic carbocycles. The maximum absolute atomic E-state index is 6.07. The number of likely N-dealkylation sites (tertiary alicyclic amines) is 1. The van der Waals surface area contributed by atoms with Gasteiger partial charge < -0.3 is 15.0 Å². The normalized spacial score (nSPS) is 16.2. The van der Waals surface area contributed by atoms with Crippen molar-refractivity contribution < 1.29 is 4.74 Å². The lowest BCUT2D eigenvalue weighted by molar-refractivity contribution is 0.197. The van der Waals surface area contributed by atoms with Gasteiger partial charge in [-0.2, -0.15) is 9.97 Å². The first-order valence-corrected chi connectivity index (χ1v) is 10.8. The molecule has 29 heavy (non-hydrogen) atoms. The van der Waals surface area contributed by atoms with E-state index in [-0.39, 0.29) is 11.9 Å². The molecule has 0 bridgehead atoms. The monoisotopic (exact) mass is 457 g/mol. The SMILES string of the molecule is COc1ccc(-c2nc(NC3CCN(CC(C)C)CC3)nc(C(Cl)(Cl)Cl)n2)cc1. The van der Waals surface area contributed by atoms with E-state index in [2.05, 4.69) is 39.0 Å². The Morgan fingerprint density at radius 2 is 1.76 bits per heavy atom. The van der Waals surface area contributed by atoms with Crippen molar-refractivity contribution in [2.75, 3.05) is 32.1 Å². The number of nitrogens with one attached hydrogen (secondary N) is 1. The van der Waals surface area contributed by atoms with Crippen LogP contribution in [0.4, 0.5) is 5.95 Å². The third-order valence-corrected chi connectivity index (χ3v) is 5.29. The van der Waals surface area contributed by atoms with Gasteiger partial charge in [-0.3, -0.25) is 0 Å². The van der Waals surface area contributed by atoms with Crippen LogP contribution in [0.5, 0.6) is 5.75 Å². The Kier molecular flexibility index (Phi) is 7.43. The van der Waals surface area contributed by atoms with Gasteiger partial charge in [-0.25, -0.2) is 4.98 Å². The molecular weight excluding hydrogens is 433 g/mol. The molecule has 2 heterocycles. The van der Waals surface area contributed by atoms with E-state index < -0.39 is 3.79 Å². The average Bonchev–Trinajstić information content (AvgIpc) is 2.68. The molecule has 1 aromatic heterocycles. The number of rotatable bonds is 6. The predicted octanol–water partition coefficient (Wildman–Crippen LogP) is 4.91. The van der Waals surface area contributed by atoms with Crippen LogP contribution < -0.4 is 10.1 Å². The lowest BCUT2D eigenvalue weighted by Crippen LogP contribution is -2.41. The standard InChI is InChI=1S/C20H26Cl3N5O/c1-13(2)12-28-10-8-15(9-11-28)24-19-26-17(25-18(27-19)20(21,22)23)14-4-6-16(29-3)7-5-14/h4-7,13,15H,8-12H2,1-3H3,(H,24,25,26,27). The van der Waals surface area contributed by atoms with E-state index in [0.29, 0.717) is 17.7 Å². The highest BCUT2D eigenvalue weighted by Crippen LogP contribution is 2.37. The highest BCUT2D eigenvalue weighted by Gasteiger charge is 2.29. The number of piperidine rings is 1. The smallest absolute Gasteiger partial charge is 0.250 e. The second-order valence-corrected chi connectivity index (χ2v) is 9.93. The number of anilines is 1. The highest BCUT2D eigenvalue weighted by atomic mass is 35.6. The van der Waals surface area contributed by atoms with Crippen molar-refractivity contribution in [2.24, 2.45) is 5.92 Å². The molecule has 2 aromatic rings. The van der Waals surface area contributed by atoms with Crippen LogP contribution >= 0.6 is 34.8 Å². The molecule has 0 spiro atoms. The van der Waals surface area contributed by atoms with Crippen molar-refractivity contribution in [1.82, 2.24) is 19.9 Å². The zero-order chi connectivity index (χ0) is 21.0. The Morgan fingerprint density at radius 3 is 2.31 bits per heavy atom. The first-order chi connectivity index (χ1) is 13.7. The van der Waals surface area contributed by atoms with Crippen LogP contribution in [0.1, 0.15) is 32.5 Å². The molecule has 1 saturated heterocycles. The molecule has 0 amide bonds. The summed E-state index contributed by atoms with van der Waals surface area (Å²) in [7, 11) is 1.62. The summed E-state index contributed by atoms with van der Waals surface area (Å²) in [6.07, 6.45) is 2.03. The van der Waals surface area contributed by atoms with Crippen LogP contribution in [-0.4, -0.2) is 52.6 Å². The van der Waals surface area contributed by atoms with Crippen LogP contribution in [0.15, 0.2) is 24.3 Å². The number of halogens is 3. The fourth-order valence-electron chi connectivity index (χ4n) is 3.40. The zero-order valence-corrected chi connectivity index (χ0v) is 19.1. The number of aromatic nitrogens is 3. The summed E-state index contributed by atoms with van der Waals surface area (Å²) in [5.74, 6) is 2.39. The van der Waals surface area contributed by atoms with E-state index in [1.54, 1.807) is 7.11 Å². The van der Waals surface area contributed by atoms with Gasteiger partial charge in [0.2, 0.25) is 9.74 Å². The Balaban J connectivity index is 1.79. The van der Waals surface area contributed by atoms with Crippen molar-refractivity contribution in [3.63, 3.8) is 0 Å². The van der Waals surface area contributed by atoms with Gasteiger partial charge in [-0.05, 0) is 43.0 Å². The summed E-state index contributed by atoms with van der Waals surface area (Å²) < 4.78 is 3.47. The third-order valence-electron chi connectivity index (χ3n) is 4.78. The van der Waals surface area contributed by atoms with Crippen molar-refractivity contribution in [3.05, 3.63) is 30.1 Å². The molecule has 3 rings (SSSR count). The minimum Gasteiger partial charge on any atom is -0.497 e. The van der Waals surface area contributed by atoms with Crippen LogP contribution in [0.25, 0.3) is 11.4 Å². The summed E-state index contributed by atoms with van der Waals surface area (Å²) in [5, 5.41) is 3.41. The summed E-state index contributed by atoms with van der Waals surface area (Å²) in [6, 6.07) is 7.68. The second-order valence-electron chi connectivity index (χ2n) is 7.65. The maximum Gasteiger partial charge on any atom is 0.250 e. The fourth-order valence-corrected chi connectivity index (χ4v) is 3.65. The van der Waals surface area contributed by atoms with Crippen molar-refractivity contribution in [1.29, 1.82) is 0 Å². The summed E-state index contributed by atoms with van der Waals surface area (Å²) in [5.41, 5.74) is 0.790. The number of nitrogens with zero attached hydrogens (tertiary/aromatic N) is 4. The molecule has 158 valence electrons. The third kappa shape index (κ3) is 6.32. The lowest BCUT2D eigenvalue weighted by Gasteiger charge is -2.33. The van der Waals surface area contributed by atoms with E-state index in [0.717, 1.165) is 43.8 Å². The first kappa shape index (κ1) is 22.3. The quantitative estimate of drug-likeness (QED) is 0.621. The molecule has 0 unspecified atom stereocenters. The fraction of sp³-hybridized carbons (Fsp3) is 0.550. The number of methoxy groups -OCH3 is 1. The van der Waals surface area contributed by atoms with Gasteiger partial charge in [-0.1, -0.05) is 48.7 Å². The molecule has 1 N–H and O–H groups in total. The zero-order valence-electron chi connectivity index (χ0n) is 16.8. The van der Waals surface area contributed by atoms with Crippen molar-refractivity contribution in [3.8, 4) is 17.1 Å². The van der Waals surface area contributed by atoms with E-state index >= 15 is 0 Å². The Labute approximate surface area is 186 Å². The van der Waals surface area contributed by atoms with E-state index in [4.69, 9.17) is 39.5 Å². The van der Waals surface area contributed by atoms with Crippen LogP contribution in [-0.2, 0) is 3.79 Å². The topological polar surface area (TPSA) is 63.2 Å². The molecule has 0 saturated carbocycles. The van der Waals surface area contributed by atoms with Gasteiger partial charge in [0.15, 0.2) is 11.6 Å². The number of hydrogen-bond donors (Lipinski definition) is 1. The lowest BCUT2D eigenvalue weighted by atomic mass is 10.0. The van der Waals surface area contributed by atoms with E-state index in [1.165, 1.54) is 0 Å². The van der Waals surface area contributed by atoms with Crippen molar-refractivity contribution >= 4 is 40.8 Å². The predicted molar refractivity (Wildman–Crippen MR) is 119 cm³/mol. The van der Waals surface area contributed by atoms with Gasteiger partial charge in [0, 0.05) is 31.2 Å². The van der Waals surface area contributed by atoms with Crippen LogP contribution in [0, 0.1) is 5.92 Å². The molecular formula is C20H26Cl3N5O. The molecule has 9 heteroatoms. The van der Waals surface area contributed by atoms with E-state index in [1.807, 2.05) is 24.3 Å². The van der Waals surface area contributed by atoms with Gasteiger partial charge in [0.25, 0.3) is 0 Å². The van der Waals surface area contributed by atoms with Gasteiger partial charge >= 0.3 is 0 Å². The molecule has 1 aromatic carbocycles. The molecule has 1 aliphatic heterocycles. The Morgan fingerprint density at radius 1 is 1.10 bits per heavy atom. The molecule has 6 nitrogen and oxygen atoms in total. The Bertz CT molecular complexity index is 803. The van der Waals surface area contributed by atoms with Crippen LogP contribution in [0.3, 0.4) is 0 Å². The van der Waals surface area contributed by atoms with Crippen LogP contribution in [0.2, 0.25) is 0 Å². The number of ether oxygens (including phenoxy) is 1. The van der Waals surface area contributed by atoms with E-state index in [9.17, 15) is 0 Å². The number of benzene rings is 1. The summed E-state index contributed by atoms with van der Waals surface area (Å²) >= 11 is 18.2. The minimum atomic E-state index is -1.73. The van der Waals surface area contributed by atoms with Gasteiger partial charge in [-0.15, -0.1) is 0 Å². The van der Waals surface area contributed by atoms with Gasteiger partial charge in [0.1, 0.15) is 5.75 Å².